The number of pyridine rings is 1. The zero-order chi connectivity index (χ0) is 30.8. The molecule has 6 rings (SSSR count). The van der Waals surface area contributed by atoms with Crippen molar-refractivity contribution in [2.75, 3.05) is 23.1 Å². The van der Waals surface area contributed by atoms with Crippen molar-refractivity contribution < 1.29 is 23.1 Å². The minimum atomic E-state index is -3.83. The van der Waals surface area contributed by atoms with E-state index in [9.17, 15) is 18.3 Å². The van der Waals surface area contributed by atoms with Gasteiger partial charge in [0.05, 0.1) is 28.1 Å². The van der Waals surface area contributed by atoms with Crippen LogP contribution < -0.4 is 14.8 Å². The van der Waals surface area contributed by atoms with Crippen LogP contribution in [0.3, 0.4) is 0 Å². The van der Waals surface area contributed by atoms with Crippen LogP contribution in [0.2, 0.25) is 0 Å². The molecule has 3 aromatic heterocycles. The lowest BCUT2D eigenvalue weighted by Crippen LogP contribution is -2.44. The second-order valence-electron chi connectivity index (χ2n) is 10.4. The van der Waals surface area contributed by atoms with Crippen LogP contribution in [-0.2, 0) is 10.0 Å². The molecular weight excluding hydrogens is 603 g/mol. The van der Waals surface area contributed by atoms with E-state index >= 15 is 0 Å². The van der Waals surface area contributed by atoms with Crippen molar-refractivity contribution in [1.29, 1.82) is 0 Å². The number of piperidine rings is 1. The molecule has 3 N–H and O–H groups in total. The van der Waals surface area contributed by atoms with E-state index in [0.29, 0.717) is 63.4 Å². The minimum Gasteiger partial charge on any atom is -0.465 e. The summed E-state index contributed by atoms with van der Waals surface area (Å²) in [4.78, 5) is 30.4. The highest BCUT2D eigenvalue weighted by Gasteiger charge is 2.24. The molecule has 1 amide bonds. The van der Waals surface area contributed by atoms with Crippen LogP contribution in [0.5, 0.6) is 11.6 Å². The summed E-state index contributed by atoms with van der Waals surface area (Å²) in [6, 6.07) is 14.3. The first-order valence-electron chi connectivity index (χ1n) is 13.9. The Hall–Kier alpha value is -4.82. The molecule has 44 heavy (non-hydrogen) atoms. The number of carboxylic acid groups (broad SMARTS) is 1. The summed E-state index contributed by atoms with van der Waals surface area (Å²) in [5.41, 5.74) is 2.44. The predicted octanol–water partition coefficient (Wildman–Crippen LogP) is 5.91. The van der Waals surface area contributed by atoms with Gasteiger partial charge in [-0.2, -0.15) is 0 Å². The van der Waals surface area contributed by atoms with E-state index in [1.165, 1.54) is 11.1 Å². The van der Waals surface area contributed by atoms with Crippen LogP contribution in [0, 0.1) is 13.8 Å². The summed E-state index contributed by atoms with van der Waals surface area (Å²) in [7, 11) is -3.83. The van der Waals surface area contributed by atoms with E-state index in [1.807, 2.05) is 31.2 Å². The van der Waals surface area contributed by atoms with Crippen LogP contribution >= 0.6 is 11.3 Å². The number of benzene rings is 2. The summed E-state index contributed by atoms with van der Waals surface area (Å²) >= 11 is 1.10. The molecule has 4 heterocycles. The molecule has 1 saturated heterocycles. The number of thiazole rings is 1. The van der Waals surface area contributed by atoms with Crippen molar-refractivity contribution in [3.63, 3.8) is 0 Å². The van der Waals surface area contributed by atoms with Crippen molar-refractivity contribution in [2.45, 2.75) is 36.9 Å². The number of likely N-dealkylation sites (tertiary alicyclic amines) is 1. The predicted molar refractivity (Wildman–Crippen MR) is 168 cm³/mol. The molecule has 1 atom stereocenters. The number of nitrogens with one attached hydrogen (secondary N) is 2. The monoisotopic (exact) mass is 631 g/mol. The van der Waals surface area contributed by atoms with Gasteiger partial charge < -0.3 is 20.1 Å². The van der Waals surface area contributed by atoms with Gasteiger partial charge in [-0.3, -0.25) is 4.72 Å². The second kappa shape index (κ2) is 12.1. The largest absolute Gasteiger partial charge is 0.465 e. The van der Waals surface area contributed by atoms with Gasteiger partial charge in [-0.15, -0.1) is 11.3 Å². The number of rotatable bonds is 8. The van der Waals surface area contributed by atoms with Gasteiger partial charge in [-0.25, -0.2) is 33.1 Å². The summed E-state index contributed by atoms with van der Waals surface area (Å²) < 4.78 is 35.4. The normalized spacial score (nSPS) is 15.2. The smallest absolute Gasteiger partial charge is 0.407 e. The Kier molecular flexibility index (Phi) is 8.01. The maximum absolute atomic E-state index is 13.1. The number of amides is 1. The molecule has 14 heteroatoms. The standard InChI is InChI=1S/C30H29N7O5S2/c1-18-10-11-21-22(7-3-9-25(21)36-44(40,41)26-16-33-19(2)43-26)27(18)42-28-23(8-4-13-31-28)24-12-14-32-29(35-24)34-20-6-5-15-37(17-20)30(38)39/h3-4,7-14,16,20,36H,5-6,15,17H2,1-2H3,(H,38,39)(H,32,34,35)/t20-/m0/s1. The third-order valence-electron chi connectivity index (χ3n) is 7.24. The Bertz CT molecular complexity index is 1960. The second-order valence-corrected chi connectivity index (χ2v) is 13.5. The molecule has 226 valence electrons. The van der Waals surface area contributed by atoms with E-state index in [2.05, 4.69) is 30.0 Å². The number of aryl methyl sites for hydroxylation is 2. The Morgan fingerprint density at radius 1 is 1.05 bits per heavy atom. The maximum Gasteiger partial charge on any atom is 0.407 e. The zero-order valence-corrected chi connectivity index (χ0v) is 25.5. The third kappa shape index (κ3) is 6.12. The average Bonchev–Trinajstić information content (AvgIpc) is 3.46. The highest BCUT2D eigenvalue weighted by atomic mass is 32.2. The van der Waals surface area contributed by atoms with Crippen LogP contribution in [0.4, 0.5) is 16.4 Å². The molecule has 1 aliphatic heterocycles. The number of aromatic nitrogens is 4. The van der Waals surface area contributed by atoms with Gasteiger partial charge in [0.15, 0.2) is 4.21 Å². The van der Waals surface area contributed by atoms with Crippen molar-refractivity contribution >= 4 is 49.9 Å². The van der Waals surface area contributed by atoms with Crippen molar-refractivity contribution in [2.24, 2.45) is 0 Å². The lowest BCUT2D eigenvalue weighted by molar-refractivity contribution is 0.132. The Morgan fingerprint density at radius 2 is 1.91 bits per heavy atom. The number of hydrogen-bond acceptors (Lipinski definition) is 10. The van der Waals surface area contributed by atoms with Crippen LogP contribution in [0.15, 0.2) is 71.3 Å². The van der Waals surface area contributed by atoms with E-state index in [4.69, 9.17) is 4.74 Å². The fraction of sp³-hybridized carbons (Fsp3) is 0.233. The molecule has 2 aromatic carbocycles. The molecule has 0 saturated carbocycles. The summed E-state index contributed by atoms with van der Waals surface area (Å²) in [6.45, 7) is 4.53. The van der Waals surface area contributed by atoms with Gasteiger partial charge in [-0.05, 0) is 56.5 Å². The van der Waals surface area contributed by atoms with E-state index < -0.39 is 16.1 Å². The fourth-order valence-electron chi connectivity index (χ4n) is 5.12. The molecule has 0 unspecified atom stereocenters. The van der Waals surface area contributed by atoms with Gasteiger partial charge in [0, 0.05) is 42.3 Å². The van der Waals surface area contributed by atoms with Gasteiger partial charge in [0.25, 0.3) is 10.0 Å². The first-order chi connectivity index (χ1) is 21.2. The Morgan fingerprint density at radius 3 is 2.70 bits per heavy atom. The van der Waals surface area contributed by atoms with Crippen LogP contribution in [0.1, 0.15) is 23.4 Å². The quantitative estimate of drug-likeness (QED) is 0.188. The van der Waals surface area contributed by atoms with Gasteiger partial charge in [0.2, 0.25) is 11.8 Å². The molecular formula is C30H29N7O5S2. The molecule has 5 aromatic rings. The number of hydrogen-bond donors (Lipinski definition) is 3. The van der Waals surface area contributed by atoms with Gasteiger partial charge in [0.1, 0.15) is 5.75 Å². The Balaban J connectivity index is 1.30. The van der Waals surface area contributed by atoms with Gasteiger partial charge >= 0.3 is 6.09 Å². The van der Waals surface area contributed by atoms with E-state index in [1.54, 1.807) is 43.6 Å². The number of ether oxygens (including phenoxy) is 1. The highest BCUT2D eigenvalue weighted by Crippen LogP contribution is 2.39. The van der Waals surface area contributed by atoms with Crippen molar-refractivity contribution in [1.82, 2.24) is 24.8 Å². The summed E-state index contributed by atoms with van der Waals surface area (Å²) in [5, 5.41) is 14.7. The number of nitrogens with zero attached hydrogens (tertiary/aromatic N) is 5. The topological polar surface area (TPSA) is 160 Å². The van der Waals surface area contributed by atoms with Crippen molar-refractivity contribution in [3.8, 4) is 22.9 Å². The Labute approximate surface area is 257 Å². The zero-order valence-electron chi connectivity index (χ0n) is 23.9. The average molecular weight is 632 g/mol. The molecule has 1 aliphatic rings. The SMILES string of the molecule is Cc1ncc(S(=O)(=O)Nc2cccc3c(Oc4ncccc4-c4ccnc(N[C@H]5CCCN(C(=O)O)C5)n4)c(C)ccc23)s1. The van der Waals surface area contributed by atoms with Crippen molar-refractivity contribution in [3.05, 3.63) is 77.7 Å². The first-order valence-corrected chi connectivity index (χ1v) is 16.2. The molecule has 0 aliphatic carbocycles. The number of anilines is 2. The lowest BCUT2D eigenvalue weighted by atomic mass is 10.0. The summed E-state index contributed by atoms with van der Waals surface area (Å²) in [5.74, 6) is 1.22. The molecule has 0 bridgehead atoms. The molecule has 1 fully saturated rings. The maximum atomic E-state index is 13.1. The third-order valence-corrected chi connectivity index (χ3v) is 9.98. The first kappa shape index (κ1) is 29.3. The highest BCUT2D eigenvalue weighted by molar-refractivity contribution is 7.94. The molecule has 12 nitrogen and oxygen atoms in total. The van der Waals surface area contributed by atoms with Crippen LogP contribution in [0.25, 0.3) is 22.0 Å². The van der Waals surface area contributed by atoms with Gasteiger partial charge in [-0.1, -0.05) is 24.3 Å². The number of carbonyl (C=O) groups is 1. The molecule has 0 radical (unpaired) electrons. The van der Waals surface area contributed by atoms with E-state index in [0.717, 1.165) is 29.7 Å². The lowest BCUT2D eigenvalue weighted by Gasteiger charge is -2.31. The van der Waals surface area contributed by atoms with E-state index in [-0.39, 0.29) is 10.3 Å². The summed E-state index contributed by atoms with van der Waals surface area (Å²) in [6.07, 6.45) is 5.22. The number of fused-ring (bicyclic) bond motifs is 1. The fourth-order valence-corrected chi connectivity index (χ4v) is 7.31. The molecule has 0 spiro atoms. The minimum absolute atomic E-state index is 0.107. The van der Waals surface area contributed by atoms with Crippen LogP contribution in [-0.4, -0.2) is 63.6 Å². The number of sulfonamides is 1.